The predicted octanol–water partition coefficient (Wildman–Crippen LogP) is 3.55. The molecule has 4 nitrogen and oxygen atoms in total. The van der Waals surface area contributed by atoms with Crippen molar-refractivity contribution in [2.75, 3.05) is 10.6 Å². The molecular formula is C15H13ClN2O2. The zero-order valence-corrected chi connectivity index (χ0v) is 11.6. The smallest absolute Gasteiger partial charge is 0.255 e. The zero-order chi connectivity index (χ0) is 14.5. The summed E-state index contributed by atoms with van der Waals surface area (Å²) in [7, 11) is 0. The summed E-state index contributed by atoms with van der Waals surface area (Å²) in [6.45, 7) is 1.42. The average molecular weight is 289 g/mol. The van der Waals surface area contributed by atoms with E-state index in [-0.39, 0.29) is 11.8 Å². The first-order chi connectivity index (χ1) is 9.54. The third kappa shape index (κ3) is 3.83. The van der Waals surface area contributed by atoms with Gasteiger partial charge in [-0.25, -0.2) is 0 Å². The molecule has 0 fully saturated rings. The Morgan fingerprint density at radius 2 is 1.60 bits per heavy atom. The van der Waals surface area contributed by atoms with E-state index in [1.165, 1.54) is 6.92 Å². The molecule has 2 amide bonds. The van der Waals surface area contributed by atoms with Gasteiger partial charge >= 0.3 is 0 Å². The molecule has 0 radical (unpaired) electrons. The Labute approximate surface area is 121 Å². The van der Waals surface area contributed by atoms with Crippen molar-refractivity contribution in [2.45, 2.75) is 6.92 Å². The molecule has 0 spiro atoms. The highest BCUT2D eigenvalue weighted by molar-refractivity contribution is 6.31. The Morgan fingerprint density at radius 1 is 0.950 bits per heavy atom. The van der Waals surface area contributed by atoms with Crippen LogP contribution in [0, 0.1) is 0 Å². The number of carbonyl (C=O) groups excluding carboxylic acids is 2. The van der Waals surface area contributed by atoms with Crippen LogP contribution >= 0.6 is 11.6 Å². The molecular weight excluding hydrogens is 276 g/mol. The van der Waals surface area contributed by atoms with Crippen molar-refractivity contribution in [3.8, 4) is 0 Å². The van der Waals surface area contributed by atoms with E-state index in [4.69, 9.17) is 11.6 Å². The Balaban J connectivity index is 2.15. The molecule has 5 heteroatoms. The topological polar surface area (TPSA) is 58.2 Å². The van der Waals surface area contributed by atoms with Crippen molar-refractivity contribution < 1.29 is 9.59 Å². The van der Waals surface area contributed by atoms with Crippen molar-refractivity contribution in [2.24, 2.45) is 0 Å². The van der Waals surface area contributed by atoms with Gasteiger partial charge in [-0.05, 0) is 36.4 Å². The van der Waals surface area contributed by atoms with Crippen LogP contribution in [0.15, 0.2) is 48.5 Å². The second-order valence-electron chi connectivity index (χ2n) is 4.23. The molecule has 0 unspecified atom stereocenters. The maximum absolute atomic E-state index is 12.1. The molecule has 0 aliphatic carbocycles. The maximum atomic E-state index is 12.1. The minimum atomic E-state index is -0.264. The fourth-order valence-corrected chi connectivity index (χ4v) is 1.90. The summed E-state index contributed by atoms with van der Waals surface area (Å²) in [5.74, 6) is -0.447. The number of carbonyl (C=O) groups is 2. The van der Waals surface area contributed by atoms with Gasteiger partial charge in [0.15, 0.2) is 0 Å². The third-order valence-corrected chi connectivity index (χ3v) is 2.76. The van der Waals surface area contributed by atoms with Crippen LogP contribution in [0.1, 0.15) is 17.3 Å². The van der Waals surface area contributed by atoms with Crippen LogP contribution in [-0.2, 0) is 4.79 Å². The molecule has 20 heavy (non-hydrogen) atoms. The fourth-order valence-electron chi connectivity index (χ4n) is 1.71. The van der Waals surface area contributed by atoms with E-state index in [0.717, 1.165) is 0 Å². The van der Waals surface area contributed by atoms with Crippen LogP contribution in [-0.4, -0.2) is 11.8 Å². The number of hydrogen-bond acceptors (Lipinski definition) is 2. The SMILES string of the molecule is CC(=O)Nc1cccc(C(=O)Nc2cccc(Cl)c2)c1. The average Bonchev–Trinajstić information content (AvgIpc) is 2.38. The summed E-state index contributed by atoms with van der Waals surface area (Å²) >= 11 is 5.86. The van der Waals surface area contributed by atoms with Crippen LogP contribution in [0.5, 0.6) is 0 Å². The van der Waals surface area contributed by atoms with E-state index >= 15 is 0 Å². The Hall–Kier alpha value is -2.33. The van der Waals surface area contributed by atoms with Gasteiger partial charge in [-0.1, -0.05) is 23.7 Å². The summed E-state index contributed by atoms with van der Waals surface area (Å²) in [5.41, 5.74) is 1.65. The normalized spacial score (nSPS) is 9.90. The van der Waals surface area contributed by atoms with E-state index in [1.807, 2.05) is 0 Å². The second kappa shape index (κ2) is 6.21. The molecule has 2 aromatic carbocycles. The summed E-state index contributed by atoms with van der Waals surface area (Å²) in [6, 6.07) is 13.6. The van der Waals surface area contributed by atoms with Crippen LogP contribution in [0.2, 0.25) is 5.02 Å². The standard InChI is InChI=1S/C15H13ClN2O2/c1-10(19)17-13-6-2-4-11(8-13)15(20)18-14-7-3-5-12(16)9-14/h2-9H,1H3,(H,17,19)(H,18,20). The van der Waals surface area contributed by atoms with Gasteiger partial charge in [0.2, 0.25) is 5.91 Å². The monoisotopic (exact) mass is 288 g/mol. The highest BCUT2D eigenvalue weighted by Gasteiger charge is 2.07. The molecule has 0 aliphatic rings. The van der Waals surface area contributed by atoms with Gasteiger partial charge in [-0.2, -0.15) is 0 Å². The highest BCUT2D eigenvalue weighted by Crippen LogP contribution is 2.17. The predicted molar refractivity (Wildman–Crippen MR) is 80.2 cm³/mol. The van der Waals surface area contributed by atoms with Crippen LogP contribution < -0.4 is 10.6 Å². The first-order valence-corrected chi connectivity index (χ1v) is 6.37. The lowest BCUT2D eigenvalue weighted by Gasteiger charge is -2.07. The minimum Gasteiger partial charge on any atom is -0.326 e. The van der Waals surface area contributed by atoms with Gasteiger partial charge in [-0.15, -0.1) is 0 Å². The van der Waals surface area contributed by atoms with Gasteiger partial charge in [0.1, 0.15) is 0 Å². The molecule has 2 rings (SSSR count). The molecule has 0 aliphatic heterocycles. The van der Waals surface area contributed by atoms with Crippen molar-refractivity contribution in [1.82, 2.24) is 0 Å². The Kier molecular flexibility index (Phi) is 4.38. The van der Waals surface area contributed by atoms with Crippen LogP contribution in [0.4, 0.5) is 11.4 Å². The lowest BCUT2D eigenvalue weighted by Crippen LogP contribution is -2.13. The molecule has 2 aromatic rings. The molecule has 0 bridgehead atoms. The van der Waals surface area contributed by atoms with Crippen LogP contribution in [0.25, 0.3) is 0 Å². The van der Waals surface area contributed by atoms with Gasteiger partial charge in [0.05, 0.1) is 0 Å². The third-order valence-electron chi connectivity index (χ3n) is 2.53. The number of amides is 2. The molecule has 0 aromatic heterocycles. The summed E-state index contributed by atoms with van der Waals surface area (Å²) in [5, 5.41) is 5.93. The maximum Gasteiger partial charge on any atom is 0.255 e. The largest absolute Gasteiger partial charge is 0.326 e. The van der Waals surface area contributed by atoms with Crippen molar-refractivity contribution >= 4 is 34.8 Å². The zero-order valence-electron chi connectivity index (χ0n) is 10.8. The van der Waals surface area contributed by atoms with E-state index in [1.54, 1.807) is 48.5 Å². The van der Waals surface area contributed by atoms with Gasteiger partial charge in [0.25, 0.3) is 5.91 Å². The Morgan fingerprint density at radius 3 is 2.25 bits per heavy atom. The molecule has 0 saturated heterocycles. The molecule has 0 saturated carbocycles. The highest BCUT2D eigenvalue weighted by atomic mass is 35.5. The number of nitrogens with one attached hydrogen (secondary N) is 2. The quantitative estimate of drug-likeness (QED) is 0.907. The lowest BCUT2D eigenvalue weighted by molar-refractivity contribution is -0.114. The molecule has 0 atom stereocenters. The molecule has 102 valence electrons. The van der Waals surface area contributed by atoms with E-state index in [9.17, 15) is 9.59 Å². The van der Waals surface area contributed by atoms with Crippen molar-refractivity contribution in [3.05, 3.63) is 59.1 Å². The summed E-state index contributed by atoms with van der Waals surface area (Å²) in [4.78, 5) is 23.1. The van der Waals surface area contributed by atoms with Gasteiger partial charge in [-0.3, -0.25) is 9.59 Å². The number of anilines is 2. The number of benzene rings is 2. The molecule has 2 N–H and O–H groups in total. The Bertz CT molecular complexity index is 656. The summed E-state index contributed by atoms with van der Waals surface area (Å²) in [6.07, 6.45) is 0. The van der Waals surface area contributed by atoms with Gasteiger partial charge < -0.3 is 10.6 Å². The number of halogens is 1. The van der Waals surface area contributed by atoms with E-state index in [0.29, 0.717) is 22.0 Å². The first-order valence-electron chi connectivity index (χ1n) is 5.99. The van der Waals surface area contributed by atoms with E-state index < -0.39 is 0 Å². The summed E-state index contributed by atoms with van der Waals surface area (Å²) < 4.78 is 0. The number of hydrogen-bond donors (Lipinski definition) is 2. The van der Waals surface area contributed by atoms with Crippen molar-refractivity contribution in [3.63, 3.8) is 0 Å². The second-order valence-corrected chi connectivity index (χ2v) is 4.66. The first kappa shape index (κ1) is 14.1. The van der Waals surface area contributed by atoms with Crippen LogP contribution in [0.3, 0.4) is 0 Å². The lowest BCUT2D eigenvalue weighted by atomic mass is 10.2. The fraction of sp³-hybridized carbons (Fsp3) is 0.0667. The minimum absolute atomic E-state index is 0.183. The molecule has 0 heterocycles. The van der Waals surface area contributed by atoms with Gasteiger partial charge in [0, 0.05) is 28.9 Å². The van der Waals surface area contributed by atoms with E-state index in [2.05, 4.69) is 10.6 Å². The van der Waals surface area contributed by atoms with Crippen molar-refractivity contribution in [1.29, 1.82) is 0 Å². The number of rotatable bonds is 3.